The van der Waals surface area contributed by atoms with Gasteiger partial charge >= 0.3 is 0 Å². The molecule has 1 saturated carbocycles. The summed E-state index contributed by atoms with van der Waals surface area (Å²) in [4.78, 5) is 26.8. The van der Waals surface area contributed by atoms with Crippen molar-refractivity contribution in [2.24, 2.45) is 11.8 Å². The largest absolute Gasteiger partial charge is 0.326 e. The second kappa shape index (κ2) is 8.13. The van der Waals surface area contributed by atoms with E-state index in [1.807, 2.05) is 30.3 Å². The average molecular weight is 354 g/mol. The summed E-state index contributed by atoms with van der Waals surface area (Å²) in [6.45, 7) is 0. The Labute approximate surface area is 153 Å². The summed E-state index contributed by atoms with van der Waals surface area (Å²) in [5.74, 6) is -0.568. The van der Waals surface area contributed by atoms with Crippen LogP contribution in [-0.4, -0.2) is 18.9 Å². The molecule has 0 unspecified atom stereocenters. The monoisotopic (exact) mass is 354 g/mol. The Balaban J connectivity index is 1.53. The van der Waals surface area contributed by atoms with Gasteiger partial charge in [-0.3, -0.25) is 9.59 Å². The molecule has 1 N–H and O–H groups in total. The van der Waals surface area contributed by atoms with E-state index in [1.165, 1.54) is 12.1 Å². The quantitative estimate of drug-likeness (QED) is 0.893. The van der Waals surface area contributed by atoms with Crippen molar-refractivity contribution < 1.29 is 14.0 Å². The van der Waals surface area contributed by atoms with Crippen LogP contribution in [0, 0.1) is 17.7 Å². The van der Waals surface area contributed by atoms with E-state index in [1.54, 1.807) is 24.1 Å². The molecule has 2 aromatic carbocycles. The highest BCUT2D eigenvalue weighted by molar-refractivity contribution is 5.95. The number of rotatable bonds is 4. The molecule has 0 aliphatic heterocycles. The SMILES string of the molecule is CN(C(=O)C1CCC(C(=O)Nc2cccc(F)c2)CC1)c1ccccc1. The first-order chi connectivity index (χ1) is 12.5. The van der Waals surface area contributed by atoms with Crippen LogP contribution in [0.2, 0.25) is 0 Å². The molecule has 0 radical (unpaired) electrons. The number of nitrogens with one attached hydrogen (secondary N) is 1. The van der Waals surface area contributed by atoms with Crippen molar-refractivity contribution >= 4 is 23.2 Å². The van der Waals surface area contributed by atoms with Crippen molar-refractivity contribution in [3.63, 3.8) is 0 Å². The van der Waals surface area contributed by atoms with E-state index in [0.717, 1.165) is 5.69 Å². The van der Waals surface area contributed by atoms with Gasteiger partial charge < -0.3 is 10.2 Å². The summed E-state index contributed by atoms with van der Waals surface area (Å²) in [5.41, 5.74) is 1.35. The first-order valence-electron chi connectivity index (χ1n) is 8.93. The molecule has 26 heavy (non-hydrogen) atoms. The smallest absolute Gasteiger partial charge is 0.229 e. The average Bonchev–Trinajstić information content (AvgIpc) is 2.67. The normalized spacial score (nSPS) is 19.6. The molecule has 0 saturated heterocycles. The van der Waals surface area contributed by atoms with E-state index in [2.05, 4.69) is 5.32 Å². The number of halogens is 1. The first kappa shape index (κ1) is 18.1. The molecule has 5 heteroatoms. The van der Waals surface area contributed by atoms with Crippen molar-refractivity contribution in [2.45, 2.75) is 25.7 Å². The van der Waals surface area contributed by atoms with Crippen LogP contribution in [0.25, 0.3) is 0 Å². The van der Waals surface area contributed by atoms with Crippen LogP contribution >= 0.6 is 0 Å². The highest BCUT2D eigenvalue weighted by atomic mass is 19.1. The molecule has 2 amide bonds. The van der Waals surface area contributed by atoms with E-state index in [9.17, 15) is 14.0 Å². The maximum absolute atomic E-state index is 13.2. The van der Waals surface area contributed by atoms with Gasteiger partial charge in [0.1, 0.15) is 5.82 Å². The lowest BCUT2D eigenvalue weighted by atomic mass is 9.81. The lowest BCUT2D eigenvalue weighted by Gasteiger charge is -2.30. The highest BCUT2D eigenvalue weighted by Crippen LogP contribution is 2.31. The Kier molecular flexibility index (Phi) is 5.66. The number of anilines is 2. The molecule has 2 aromatic rings. The predicted octanol–water partition coefficient (Wildman–Crippen LogP) is 4.23. The van der Waals surface area contributed by atoms with Gasteiger partial charge in [0.05, 0.1) is 0 Å². The third-order valence-corrected chi connectivity index (χ3v) is 5.01. The van der Waals surface area contributed by atoms with Crippen LogP contribution in [0.5, 0.6) is 0 Å². The number of hydrogen-bond acceptors (Lipinski definition) is 2. The number of amides is 2. The zero-order chi connectivity index (χ0) is 18.5. The summed E-state index contributed by atoms with van der Waals surface area (Å²) < 4.78 is 13.2. The zero-order valence-electron chi connectivity index (χ0n) is 14.8. The Morgan fingerprint density at radius 3 is 2.27 bits per heavy atom. The summed E-state index contributed by atoms with van der Waals surface area (Å²) >= 11 is 0. The van der Waals surface area contributed by atoms with Crippen LogP contribution in [-0.2, 0) is 9.59 Å². The summed E-state index contributed by atoms with van der Waals surface area (Å²) in [6.07, 6.45) is 2.72. The van der Waals surface area contributed by atoms with Gasteiger partial charge in [-0.1, -0.05) is 24.3 Å². The van der Waals surface area contributed by atoms with Crippen LogP contribution in [0.15, 0.2) is 54.6 Å². The van der Waals surface area contributed by atoms with Gasteiger partial charge in [0, 0.05) is 30.3 Å². The van der Waals surface area contributed by atoms with E-state index < -0.39 is 0 Å². The number of benzene rings is 2. The number of hydrogen-bond donors (Lipinski definition) is 1. The molecule has 3 rings (SSSR count). The minimum atomic E-state index is -0.374. The molecule has 136 valence electrons. The molecule has 1 aliphatic rings. The third-order valence-electron chi connectivity index (χ3n) is 5.01. The maximum atomic E-state index is 13.2. The van der Waals surface area contributed by atoms with E-state index in [4.69, 9.17) is 0 Å². The fourth-order valence-corrected chi connectivity index (χ4v) is 3.47. The first-order valence-corrected chi connectivity index (χ1v) is 8.93. The lowest BCUT2D eigenvalue weighted by molar-refractivity contribution is -0.126. The Hall–Kier alpha value is -2.69. The van der Waals surface area contributed by atoms with Crippen molar-refractivity contribution in [3.05, 3.63) is 60.4 Å². The number of carbonyl (C=O) groups excluding carboxylic acids is 2. The summed E-state index contributed by atoms with van der Waals surface area (Å²) in [6, 6.07) is 15.5. The summed E-state index contributed by atoms with van der Waals surface area (Å²) in [5, 5.41) is 2.77. The van der Waals surface area contributed by atoms with Crippen LogP contribution in [0.4, 0.5) is 15.8 Å². The number of para-hydroxylation sites is 1. The van der Waals surface area contributed by atoms with E-state index in [0.29, 0.717) is 31.4 Å². The molecule has 1 fully saturated rings. The van der Waals surface area contributed by atoms with Crippen LogP contribution in [0.1, 0.15) is 25.7 Å². The minimum Gasteiger partial charge on any atom is -0.326 e. The fourth-order valence-electron chi connectivity index (χ4n) is 3.47. The van der Waals surface area contributed by atoms with E-state index in [-0.39, 0.29) is 29.5 Å². The van der Waals surface area contributed by atoms with Gasteiger partial charge in [-0.15, -0.1) is 0 Å². The van der Waals surface area contributed by atoms with Gasteiger partial charge in [0.15, 0.2) is 0 Å². The predicted molar refractivity (Wildman–Crippen MR) is 100 cm³/mol. The zero-order valence-corrected chi connectivity index (χ0v) is 14.8. The molecule has 0 atom stereocenters. The number of carbonyl (C=O) groups is 2. The molecule has 0 spiro atoms. The second-order valence-corrected chi connectivity index (χ2v) is 6.78. The van der Waals surface area contributed by atoms with Gasteiger partial charge in [0.2, 0.25) is 11.8 Å². The second-order valence-electron chi connectivity index (χ2n) is 6.78. The molecule has 1 aliphatic carbocycles. The Morgan fingerprint density at radius 2 is 1.62 bits per heavy atom. The summed E-state index contributed by atoms with van der Waals surface area (Å²) in [7, 11) is 1.79. The molecule has 0 heterocycles. The maximum Gasteiger partial charge on any atom is 0.229 e. The molecular formula is C21H23FN2O2. The van der Waals surface area contributed by atoms with Gasteiger partial charge in [-0.25, -0.2) is 4.39 Å². The van der Waals surface area contributed by atoms with Gasteiger partial charge in [-0.2, -0.15) is 0 Å². The molecular weight excluding hydrogens is 331 g/mol. The van der Waals surface area contributed by atoms with Crippen LogP contribution in [0.3, 0.4) is 0 Å². The Bertz CT molecular complexity index is 771. The standard InChI is InChI=1S/C21H23FN2O2/c1-24(19-8-3-2-4-9-19)21(26)16-12-10-15(11-13-16)20(25)23-18-7-5-6-17(22)14-18/h2-9,14-16H,10-13H2,1H3,(H,23,25). The lowest BCUT2D eigenvalue weighted by Crippen LogP contribution is -2.36. The van der Waals surface area contributed by atoms with Crippen molar-refractivity contribution in [1.29, 1.82) is 0 Å². The molecule has 0 bridgehead atoms. The highest BCUT2D eigenvalue weighted by Gasteiger charge is 2.31. The van der Waals surface area contributed by atoms with Crippen molar-refractivity contribution in [3.8, 4) is 0 Å². The van der Waals surface area contributed by atoms with Crippen molar-refractivity contribution in [2.75, 3.05) is 17.3 Å². The fraction of sp³-hybridized carbons (Fsp3) is 0.333. The van der Waals surface area contributed by atoms with Crippen LogP contribution < -0.4 is 10.2 Å². The van der Waals surface area contributed by atoms with Gasteiger partial charge in [0.25, 0.3) is 0 Å². The minimum absolute atomic E-state index is 0.0570. The molecule has 4 nitrogen and oxygen atoms in total. The van der Waals surface area contributed by atoms with Gasteiger partial charge in [-0.05, 0) is 56.0 Å². The van der Waals surface area contributed by atoms with E-state index >= 15 is 0 Å². The van der Waals surface area contributed by atoms with Crippen molar-refractivity contribution in [1.82, 2.24) is 0 Å². The topological polar surface area (TPSA) is 49.4 Å². The number of nitrogens with zero attached hydrogens (tertiary/aromatic N) is 1. The third kappa shape index (κ3) is 4.28. The Morgan fingerprint density at radius 1 is 0.962 bits per heavy atom. The molecule has 0 aromatic heterocycles.